The largest absolute Gasteiger partial charge is 0.462 e. The number of nitrogens with zero attached hydrogens (tertiary/aromatic N) is 3. The number of nitro groups is 1. The van der Waals surface area contributed by atoms with Crippen LogP contribution in [0.4, 0.5) is 10.8 Å². The van der Waals surface area contributed by atoms with Crippen LogP contribution in [0, 0.1) is 21.4 Å². The molecule has 0 amide bonds. The molecule has 1 aromatic carbocycles. The summed E-state index contributed by atoms with van der Waals surface area (Å²) in [6, 6.07) is 7.75. The minimum atomic E-state index is -0.709. The quantitative estimate of drug-likeness (QED) is 0.281. The number of ether oxygens (including phenoxy) is 1. The van der Waals surface area contributed by atoms with Gasteiger partial charge in [-0.3, -0.25) is 10.1 Å². The number of esters is 1. The van der Waals surface area contributed by atoms with E-state index >= 15 is 0 Å². The average molecular weight is 344 g/mol. The second kappa shape index (κ2) is 7.85. The van der Waals surface area contributed by atoms with Gasteiger partial charge in [0.25, 0.3) is 5.69 Å². The standard InChI is InChI=1S/C15H12N4O4S/c1-2-23-14(20)11(7-16)8-17-15-18-13(9-24-15)10-3-5-12(6-4-10)19(21)22/h3-6,8-9H,2H2,1H3,(H,17,18)/b11-8+. The zero-order valence-corrected chi connectivity index (χ0v) is 13.4. The monoisotopic (exact) mass is 344 g/mol. The number of hydrogen-bond acceptors (Lipinski definition) is 8. The van der Waals surface area contributed by atoms with E-state index in [1.165, 1.54) is 29.7 Å². The Morgan fingerprint density at radius 2 is 2.21 bits per heavy atom. The summed E-state index contributed by atoms with van der Waals surface area (Å²) in [4.78, 5) is 26.0. The van der Waals surface area contributed by atoms with E-state index in [0.717, 1.165) is 5.56 Å². The molecule has 0 saturated heterocycles. The Bertz CT molecular complexity index is 821. The molecule has 0 bridgehead atoms. The molecule has 0 radical (unpaired) electrons. The van der Waals surface area contributed by atoms with Crippen molar-refractivity contribution < 1.29 is 14.5 Å². The number of rotatable bonds is 6. The van der Waals surface area contributed by atoms with E-state index in [9.17, 15) is 14.9 Å². The Hall–Kier alpha value is -3.25. The molecule has 0 aliphatic carbocycles. The van der Waals surface area contributed by atoms with Crippen LogP contribution in [0.3, 0.4) is 0 Å². The number of benzene rings is 1. The zero-order valence-electron chi connectivity index (χ0n) is 12.6. The van der Waals surface area contributed by atoms with E-state index in [1.807, 2.05) is 0 Å². The molecule has 24 heavy (non-hydrogen) atoms. The van der Waals surface area contributed by atoms with Gasteiger partial charge in [-0.15, -0.1) is 11.3 Å². The number of thiazole rings is 1. The molecule has 1 heterocycles. The molecule has 2 rings (SSSR count). The van der Waals surface area contributed by atoms with Crippen LogP contribution in [0.15, 0.2) is 41.4 Å². The maximum atomic E-state index is 11.5. The third-order valence-corrected chi connectivity index (χ3v) is 3.61. The Morgan fingerprint density at radius 1 is 1.50 bits per heavy atom. The highest BCUT2D eigenvalue weighted by atomic mass is 32.1. The number of hydrogen-bond donors (Lipinski definition) is 1. The van der Waals surface area contributed by atoms with Crippen molar-refractivity contribution in [3.8, 4) is 17.3 Å². The molecule has 122 valence electrons. The first-order valence-electron chi connectivity index (χ1n) is 6.79. The number of nitriles is 1. The summed E-state index contributed by atoms with van der Waals surface area (Å²) in [5.41, 5.74) is 1.19. The molecule has 8 nitrogen and oxygen atoms in total. The summed E-state index contributed by atoms with van der Waals surface area (Å²) in [6.45, 7) is 1.83. The zero-order chi connectivity index (χ0) is 17.5. The topological polar surface area (TPSA) is 118 Å². The fourth-order valence-corrected chi connectivity index (χ4v) is 2.40. The molecule has 1 N–H and O–H groups in total. The first-order valence-corrected chi connectivity index (χ1v) is 7.67. The van der Waals surface area contributed by atoms with Crippen LogP contribution in [-0.2, 0) is 9.53 Å². The van der Waals surface area contributed by atoms with Crippen molar-refractivity contribution in [3.63, 3.8) is 0 Å². The SMILES string of the molecule is CCOC(=O)/C(C#N)=C/Nc1nc(-c2ccc([N+](=O)[O-])cc2)cs1. The molecule has 0 fully saturated rings. The normalized spacial score (nSPS) is 10.8. The predicted molar refractivity (Wildman–Crippen MR) is 88.2 cm³/mol. The van der Waals surface area contributed by atoms with Gasteiger partial charge < -0.3 is 10.1 Å². The fourth-order valence-electron chi connectivity index (χ4n) is 1.71. The number of aromatic nitrogens is 1. The maximum absolute atomic E-state index is 11.5. The minimum Gasteiger partial charge on any atom is -0.462 e. The van der Waals surface area contributed by atoms with Crippen molar-refractivity contribution >= 4 is 28.1 Å². The van der Waals surface area contributed by atoms with Gasteiger partial charge >= 0.3 is 5.97 Å². The summed E-state index contributed by atoms with van der Waals surface area (Å²) in [7, 11) is 0. The van der Waals surface area contributed by atoms with Gasteiger partial charge in [-0.2, -0.15) is 5.26 Å². The second-order valence-corrected chi connectivity index (χ2v) is 5.23. The molecule has 0 spiro atoms. The van der Waals surface area contributed by atoms with Crippen molar-refractivity contribution in [2.45, 2.75) is 6.92 Å². The van der Waals surface area contributed by atoms with E-state index in [-0.39, 0.29) is 17.9 Å². The van der Waals surface area contributed by atoms with Crippen LogP contribution in [0.5, 0.6) is 0 Å². The van der Waals surface area contributed by atoms with Crippen LogP contribution in [0.1, 0.15) is 6.92 Å². The van der Waals surface area contributed by atoms with Gasteiger partial charge in [0, 0.05) is 29.3 Å². The molecule has 0 atom stereocenters. The summed E-state index contributed by atoms with van der Waals surface area (Å²) in [5.74, 6) is -0.709. The van der Waals surface area contributed by atoms with Crippen LogP contribution >= 0.6 is 11.3 Å². The highest BCUT2D eigenvalue weighted by molar-refractivity contribution is 7.14. The highest BCUT2D eigenvalue weighted by Crippen LogP contribution is 2.26. The van der Waals surface area contributed by atoms with Gasteiger partial charge in [-0.1, -0.05) is 0 Å². The Kier molecular flexibility index (Phi) is 5.59. The van der Waals surface area contributed by atoms with Gasteiger partial charge in [-0.25, -0.2) is 9.78 Å². The first-order chi connectivity index (χ1) is 11.5. The molecule has 9 heteroatoms. The summed E-state index contributed by atoms with van der Waals surface area (Å²) < 4.78 is 4.75. The average Bonchev–Trinajstić information content (AvgIpc) is 3.04. The van der Waals surface area contributed by atoms with Gasteiger partial charge in [0.05, 0.1) is 17.2 Å². The van der Waals surface area contributed by atoms with Crippen molar-refractivity contribution in [2.75, 3.05) is 11.9 Å². The van der Waals surface area contributed by atoms with Crippen LogP contribution in [0.2, 0.25) is 0 Å². The van der Waals surface area contributed by atoms with Crippen LogP contribution in [-0.4, -0.2) is 22.5 Å². The maximum Gasteiger partial charge on any atom is 0.350 e. The van der Waals surface area contributed by atoms with Crippen molar-refractivity contribution in [3.05, 3.63) is 51.5 Å². The number of nitrogens with one attached hydrogen (secondary N) is 1. The van der Waals surface area contributed by atoms with Crippen LogP contribution in [0.25, 0.3) is 11.3 Å². The van der Waals surface area contributed by atoms with Crippen molar-refractivity contribution in [1.82, 2.24) is 4.98 Å². The number of carbonyl (C=O) groups excluding carboxylic acids is 1. The molecule has 0 aliphatic rings. The summed E-state index contributed by atoms with van der Waals surface area (Å²) in [5, 5.41) is 24.6. The van der Waals surface area contributed by atoms with E-state index in [1.54, 1.807) is 30.5 Å². The second-order valence-electron chi connectivity index (χ2n) is 4.38. The molecule has 1 aromatic heterocycles. The van der Waals surface area contributed by atoms with Crippen LogP contribution < -0.4 is 5.32 Å². The van der Waals surface area contributed by atoms with E-state index in [4.69, 9.17) is 10.00 Å². The summed E-state index contributed by atoms with van der Waals surface area (Å²) in [6.07, 6.45) is 1.23. The third kappa shape index (κ3) is 4.15. The van der Waals surface area contributed by atoms with Gasteiger partial charge in [0.1, 0.15) is 6.07 Å². The smallest absolute Gasteiger partial charge is 0.350 e. The lowest BCUT2D eigenvalue weighted by Crippen LogP contribution is -2.07. The Labute approximate surface area is 141 Å². The molecular formula is C15H12N4O4S. The lowest BCUT2D eigenvalue weighted by molar-refractivity contribution is -0.384. The lowest BCUT2D eigenvalue weighted by atomic mass is 10.1. The van der Waals surface area contributed by atoms with Gasteiger partial charge in [0.15, 0.2) is 10.7 Å². The number of anilines is 1. The van der Waals surface area contributed by atoms with Gasteiger partial charge in [-0.05, 0) is 19.1 Å². The third-order valence-electron chi connectivity index (χ3n) is 2.83. The molecule has 0 aliphatic heterocycles. The Balaban J connectivity index is 2.12. The minimum absolute atomic E-state index is 0.00311. The van der Waals surface area contributed by atoms with Gasteiger partial charge in [0.2, 0.25) is 0 Å². The fraction of sp³-hybridized carbons (Fsp3) is 0.133. The molecule has 0 unspecified atom stereocenters. The van der Waals surface area contributed by atoms with E-state index in [2.05, 4.69) is 10.3 Å². The molecular weight excluding hydrogens is 332 g/mol. The highest BCUT2D eigenvalue weighted by Gasteiger charge is 2.11. The Morgan fingerprint density at radius 3 is 2.79 bits per heavy atom. The van der Waals surface area contributed by atoms with E-state index < -0.39 is 10.9 Å². The summed E-state index contributed by atoms with van der Waals surface area (Å²) >= 11 is 1.27. The predicted octanol–water partition coefficient (Wildman–Crippen LogP) is 3.10. The molecule has 2 aromatic rings. The number of carbonyl (C=O) groups is 1. The first kappa shape index (κ1) is 17.1. The number of non-ortho nitro benzene ring substituents is 1. The number of nitro benzene ring substituents is 1. The lowest BCUT2D eigenvalue weighted by Gasteiger charge is -2.00. The van der Waals surface area contributed by atoms with Crippen molar-refractivity contribution in [2.24, 2.45) is 0 Å². The van der Waals surface area contributed by atoms with E-state index in [0.29, 0.717) is 10.8 Å². The molecule has 0 saturated carbocycles. The van der Waals surface area contributed by atoms with Crippen molar-refractivity contribution in [1.29, 1.82) is 5.26 Å².